The Bertz CT molecular complexity index is 694. The molecule has 2 rings (SSSR count). The van der Waals surface area contributed by atoms with Gasteiger partial charge in [0.2, 0.25) is 5.91 Å². The standard InChI is InChI=1S/C20H28N4O2/c1-20(2,18(25)21-3)15-24-19(22-12-11-17-10-7-13-26-17)23-14-16-8-5-4-6-9-16/h4-10,13H,11-12,14-15H2,1-3H3,(H,21,25)(H2,22,23,24). The predicted octanol–water partition coefficient (Wildman–Crippen LogP) is 2.33. The fourth-order valence-electron chi connectivity index (χ4n) is 2.41. The summed E-state index contributed by atoms with van der Waals surface area (Å²) >= 11 is 0. The third-order valence-electron chi connectivity index (χ3n) is 4.05. The highest BCUT2D eigenvalue weighted by molar-refractivity contribution is 5.84. The summed E-state index contributed by atoms with van der Waals surface area (Å²) < 4.78 is 5.35. The first-order chi connectivity index (χ1) is 12.5. The number of hydrogen-bond donors (Lipinski definition) is 3. The molecular formula is C20H28N4O2. The topological polar surface area (TPSA) is 78.7 Å². The van der Waals surface area contributed by atoms with E-state index in [2.05, 4.69) is 20.9 Å². The van der Waals surface area contributed by atoms with Gasteiger partial charge in [-0.25, -0.2) is 4.99 Å². The number of benzene rings is 1. The molecule has 0 aliphatic heterocycles. The van der Waals surface area contributed by atoms with E-state index < -0.39 is 5.41 Å². The lowest BCUT2D eigenvalue weighted by Gasteiger charge is -2.24. The summed E-state index contributed by atoms with van der Waals surface area (Å²) in [5, 5.41) is 9.27. The lowest BCUT2D eigenvalue weighted by Crippen LogP contribution is -2.47. The molecule has 0 aliphatic rings. The molecule has 0 saturated heterocycles. The van der Waals surface area contributed by atoms with Crippen LogP contribution in [0.3, 0.4) is 0 Å². The van der Waals surface area contributed by atoms with Gasteiger partial charge in [0.25, 0.3) is 0 Å². The van der Waals surface area contributed by atoms with E-state index >= 15 is 0 Å². The minimum Gasteiger partial charge on any atom is -0.469 e. The lowest BCUT2D eigenvalue weighted by atomic mass is 9.92. The highest BCUT2D eigenvalue weighted by Gasteiger charge is 2.26. The van der Waals surface area contributed by atoms with E-state index in [1.165, 1.54) is 0 Å². The van der Waals surface area contributed by atoms with Gasteiger partial charge in [-0.2, -0.15) is 0 Å². The number of nitrogens with one attached hydrogen (secondary N) is 3. The van der Waals surface area contributed by atoms with Crippen molar-refractivity contribution in [1.29, 1.82) is 0 Å². The Morgan fingerprint density at radius 3 is 2.54 bits per heavy atom. The molecule has 0 aliphatic carbocycles. The number of carbonyl (C=O) groups is 1. The van der Waals surface area contributed by atoms with E-state index in [-0.39, 0.29) is 5.91 Å². The molecule has 2 aromatic rings. The first-order valence-electron chi connectivity index (χ1n) is 8.82. The van der Waals surface area contributed by atoms with Crippen LogP contribution in [0.2, 0.25) is 0 Å². The number of hydrogen-bond acceptors (Lipinski definition) is 3. The van der Waals surface area contributed by atoms with Crippen LogP contribution in [0.25, 0.3) is 0 Å². The number of amides is 1. The van der Waals surface area contributed by atoms with E-state index in [1.807, 2.05) is 56.3 Å². The third-order valence-corrected chi connectivity index (χ3v) is 4.05. The summed E-state index contributed by atoms with van der Waals surface area (Å²) in [7, 11) is 1.65. The molecule has 0 bridgehead atoms. The summed E-state index contributed by atoms with van der Waals surface area (Å²) in [5.74, 6) is 1.59. The Balaban J connectivity index is 1.96. The van der Waals surface area contributed by atoms with Crippen LogP contribution in [0.15, 0.2) is 58.1 Å². The normalized spacial score (nSPS) is 11.9. The molecule has 0 radical (unpaired) electrons. The van der Waals surface area contributed by atoms with E-state index in [9.17, 15) is 4.79 Å². The average Bonchev–Trinajstić information content (AvgIpc) is 3.17. The fraction of sp³-hybridized carbons (Fsp3) is 0.400. The molecule has 140 valence electrons. The molecule has 1 amide bonds. The van der Waals surface area contributed by atoms with Crippen LogP contribution < -0.4 is 16.0 Å². The number of aliphatic imine (C=N–C) groups is 1. The van der Waals surface area contributed by atoms with Crippen molar-refractivity contribution in [2.24, 2.45) is 10.4 Å². The molecule has 6 nitrogen and oxygen atoms in total. The number of nitrogens with zero attached hydrogens (tertiary/aromatic N) is 1. The Hall–Kier alpha value is -2.76. The Labute approximate surface area is 155 Å². The van der Waals surface area contributed by atoms with Crippen LogP contribution in [0.1, 0.15) is 25.2 Å². The second-order valence-electron chi connectivity index (χ2n) is 6.72. The summed E-state index contributed by atoms with van der Waals surface area (Å²) in [6.07, 6.45) is 2.43. The van der Waals surface area contributed by atoms with Gasteiger partial charge in [-0.15, -0.1) is 0 Å². The van der Waals surface area contributed by atoms with Crippen LogP contribution in [0, 0.1) is 5.41 Å². The van der Waals surface area contributed by atoms with Crippen molar-refractivity contribution in [2.45, 2.75) is 26.8 Å². The van der Waals surface area contributed by atoms with Gasteiger partial charge >= 0.3 is 0 Å². The van der Waals surface area contributed by atoms with Crippen molar-refractivity contribution in [1.82, 2.24) is 16.0 Å². The van der Waals surface area contributed by atoms with Crippen LogP contribution in [0.4, 0.5) is 0 Å². The quantitative estimate of drug-likeness (QED) is 0.501. The zero-order valence-electron chi connectivity index (χ0n) is 15.7. The van der Waals surface area contributed by atoms with Gasteiger partial charge in [-0.3, -0.25) is 4.79 Å². The van der Waals surface area contributed by atoms with E-state index in [4.69, 9.17) is 4.42 Å². The van der Waals surface area contributed by atoms with Gasteiger partial charge in [0.05, 0.1) is 18.2 Å². The van der Waals surface area contributed by atoms with Crippen LogP contribution >= 0.6 is 0 Å². The first-order valence-corrected chi connectivity index (χ1v) is 8.82. The van der Waals surface area contributed by atoms with Gasteiger partial charge in [-0.05, 0) is 31.5 Å². The number of rotatable bonds is 8. The lowest BCUT2D eigenvalue weighted by molar-refractivity contribution is -0.128. The number of furan rings is 1. The van der Waals surface area contributed by atoms with Gasteiger partial charge in [0.1, 0.15) is 5.76 Å². The molecule has 0 unspecified atom stereocenters. The first kappa shape index (κ1) is 19.6. The Morgan fingerprint density at radius 2 is 1.88 bits per heavy atom. The van der Waals surface area contributed by atoms with Gasteiger partial charge in [0, 0.05) is 26.6 Å². The molecule has 0 fully saturated rings. The smallest absolute Gasteiger partial charge is 0.227 e. The molecular weight excluding hydrogens is 328 g/mol. The SMILES string of the molecule is CNC(=O)C(C)(C)CNC(=NCc1ccccc1)NCCc1ccco1. The van der Waals surface area contributed by atoms with E-state index in [0.29, 0.717) is 25.6 Å². The summed E-state index contributed by atoms with van der Waals surface area (Å²) in [6, 6.07) is 13.9. The zero-order valence-corrected chi connectivity index (χ0v) is 15.7. The molecule has 1 heterocycles. The molecule has 0 spiro atoms. The molecule has 1 aromatic heterocycles. The van der Waals surface area contributed by atoms with Gasteiger partial charge in [0.15, 0.2) is 5.96 Å². The maximum Gasteiger partial charge on any atom is 0.227 e. The number of guanidine groups is 1. The molecule has 6 heteroatoms. The van der Waals surface area contributed by atoms with Crippen molar-refractivity contribution in [2.75, 3.05) is 20.1 Å². The second kappa shape index (κ2) is 9.65. The molecule has 3 N–H and O–H groups in total. The van der Waals surface area contributed by atoms with Crippen molar-refractivity contribution in [3.63, 3.8) is 0 Å². The monoisotopic (exact) mass is 356 g/mol. The zero-order chi connectivity index (χ0) is 18.8. The maximum absolute atomic E-state index is 12.0. The Kier molecular flexibility index (Phi) is 7.26. The average molecular weight is 356 g/mol. The van der Waals surface area contributed by atoms with Crippen molar-refractivity contribution >= 4 is 11.9 Å². The van der Waals surface area contributed by atoms with Crippen LogP contribution in [-0.4, -0.2) is 32.0 Å². The molecule has 1 aromatic carbocycles. The summed E-state index contributed by atoms with van der Waals surface area (Å²) in [4.78, 5) is 16.6. The van der Waals surface area contributed by atoms with Crippen molar-refractivity contribution < 1.29 is 9.21 Å². The van der Waals surface area contributed by atoms with Gasteiger partial charge in [-0.1, -0.05) is 30.3 Å². The fourth-order valence-corrected chi connectivity index (χ4v) is 2.41. The molecule has 0 atom stereocenters. The third kappa shape index (κ3) is 6.27. The van der Waals surface area contributed by atoms with Crippen molar-refractivity contribution in [3.8, 4) is 0 Å². The maximum atomic E-state index is 12.0. The predicted molar refractivity (Wildman–Crippen MR) is 104 cm³/mol. The molecule has 0 saturated carbocycles. The molecule has 26 heavy (non-hydrogen) atoms. The van der Waals surface area contributed by atoms with Crippen molar-refractivity contribution in [3.05, 3.63) is 60.1 Å². The number of carbonyl (C=O) groups excluding carboxylic acids is 1. The Morgan fingerprint density at radius 1 is 1.12 bits per heavy atom. The van der Waals surface area contributed by atoms with Crippen LogP contribution in [-0.2, 0) is 17.8 Å². The minimum absolute atomic E-state index is 0.0111. The second-order valence-corrected chi connectivity index (χ2v) is 6.72. The summed E-state index contributed by atoms with van der Waals surface area (Å²) in [6.45, 7) is 5.53. The van der Waals surface area contributed by atoms with E-state index in [0.717, 1.165) is 17.7 Å². The highest BCUT2D eigenvalue weighted by Crippen LogP contribution is 2.13. The van der Waals surface area contributed by atoms with Gasteiger partial charge < -0.3 is 20.4 Å². The highest BCUT2D eigenvalue weighted by atomic mass is 16.3. The van der Waals surface area contributed by atoms with E-state index in [1.54, 1.807) is 13.3 Å². The summed E-state index contributed by atoms with van der Waals surface area (Å²) in [5.41, 5.74) is 0.593. The van der Waals surface area contributed by atoms with Crippen LogP contribution in [0.5, 0.6) is 0 Å². The minimum atomic E-state index is -0.537. The largest absolute Gasteiger partial charge is 0.469 e.